The largest absolute Gasteiger partial charge is 0.458 e. The average Bonchev–Trinajstić information content (AvgIpc) is 3.02. The van der Waals surface area contributed by atoms with Crippen LogP contribution in [0, 0.1) is 0 Å². The summed E-state index contributed by atoms with van der Waals surface area (Å²) in [7, 11) is -4.88. The van der Waals surface area contributed by atoms with E-state index < -0.39 is 70.3 Å². The fraction of sp³-hybridized carbons (Fsp3) is 0.267. The van der Waals surface area contributed by atoms with E-state index in [1.807, 2.05) is 0 Å². The van der Waals surface area contributed by atoms with Crippen LogP contribution in [0.15, 0.2) is 96.1 Å². The lowest BCUT2D eigenvalue weighted by Crippen LogP contribution is -2.82. The molecule has 0 aromatic heterocycles. The van der Waals surface area contributed by atoms with Crippen LogP contribution >= 0.6 is 0 Å². The van der Waals surface area contributed by atoms with Gasteiger partial charge in [0, 0.05) is 17.7 Å². The molecule has 0 spiro atoms. The number of nitrogens with zero attached hydrogens (tertiary/aromatic N) is 4. The molecule has 0 bridgehead atoms. The second kappa shape index (κ2) is 13.8. The van der Waals surface area contributed by atoms with Crippen molar-refractivity contribution in [2.45, 2.75) is 36.6 Å². The predicted octanol–water partition coefficient (Wildman–Crippen LogP) is 2.46. The third-order valence-corrected chi connectivity index (χ3v) is 8.53. The highest BCUT2D eigenvalue weighted by Gasteiger charge is 2.71. The molecule has 1 saturated heterocycles. The van der Waals surface area contributed by atoms with Crippen LogP contribution in [0.2, 0.25) is 0 Å². The van der Waals surface area contributed by atoms with Crippen molar-refractivity contribution in [1.29, 1.82) is 0 Å². The summed E-state index contributed by atoms with van der Waals surface area (Å²) in [6.45, 7) is -1.43. The smallest absolute Gasteiger partial charge is 0.360 e. The van der Waals surface area contributed by atoms with Crippen molar-refractivity contribution in [2.24, 2.45) is 5.11 Å². The first-order chi connectivity index (χ1) is 21.1. The van der Waals surface area contributed by atoms with Crippen molar-refractivity contribution in [3.8, 4) is 0 Å². The highest BCUT2D eigenvalue weighted by molar-refractivity contribution is 7.93. The Morgan fingerprint density at radius 1 is 0.864 bits per heavy atom. The zero-order valence-corrected chi connectivity index (χ0v) is 24.4. The summed E-state index contributed by atoms with van der Waals surface area (Å²) in [4.78, 5) is 54.0. The molecule has 13 nitrogen and oxygen atoms in total. The molecule has 1 aliphatic rings. The van der Waals surface area contributed by atoms with Gasteiger partial charge in [-0.25, -0.2) is 18.0 Å². The van der Waals surface area contributed by atoms with E-state index in [0.29, 0.717) is 27.8 Å². The number of β-lactam (4-membered cyclic amide) rings is 1. The van der Waals surface area contributed by atoms with E-state index in [1.54, 1.807) is 91.0 Å². The van der Waals surface area contributed by atoms with Crippen molar-refractivity contribution < 1.29 is 37.1 Å². The van der Waals surface area contributed by atoms with E-state index in [0.717, 1.165) is 0 Å². The van der Waals surface area contributed by atoms with Crippen molar-refractivity contribution >= 4 is 33.6 Å². The van der Waals surface area contributed by atoms with Gasteiger partial charge in [0.1, 0.15) is 19.3 Å². The monoisotopic (exact) mass is 619 g/mol. The van der Waals surface area contributed by atoms with Crippen molar-refractivity contribution in [2.75, 3.05) is 12.8 Å². The minimum absolute atomic E-state index is 0.117. The van der Waals surface area contributed by atoms with E-state index in [1.165, 1.54) is 0 Å². The molecule has 228 valence electrons. The summed E-state index contributed by atoms with van der Waals surface area (Å²) < 4.78 is 37.8. The maximum absolute atomic E-state index is 13.8. The fourth-order valence-corrected chi connectivity index (χ4v) is 6.11. The minimum atomic E-state index is -4.88. The highest BCUT2D eigenvalue weighted by Crippen LogP contribution is 2.37. The van der Waals surface area contributed by atoms with Gasteiger partial charge in [-0.05, 0) is 22.2 Å². The fourth-order valence-electron chi connectivity index (χ4n) is 4.81. The van der Waals surface area contributed by atoms with E-state index in [2.05, 4.69) is 15.3 Å². The van der Waals surface area contributed by atoms with Crippen LogP contribution in [0.1, 0.15) is 16.7 Å². The molecule has 1 N–H and O–H groups in total. The van der Waals surface area contributed by atoms with Crippen LogP contribution in [-0.4, -0.2) is 66.8 Å². The van der Waals surface area contributed by atoms with Crippen LogP contribution < -0.4 is 5.32 Å². The molecule has 3 aromatic carbocycles. The number of amides is 2. The molecular formula is C30H29N5O8S. The second-order valence-electron chi connectivity index (χ2n) is 9.94. The van der Waals surface area contributed by atoms with Crippen LogP contribution in [0.4, 0.5) is 0 Å². The van der Waals surface area contributed by atoms with Crippen molar-refractivity contribution in [3.63, 3.8) is 0 Å². The predicted molar refractivity (Wildman–Crippen MR) is 157 cm³/mol. The Balaban J connectivity index is 1.71. The van der Waals surface area contributed by atoms with E-state index >= 15 is 0 Å². The molecule has 0 radical (unpaired) electrons. The van der Waals surface area contributed by atoms with Gasteiger partial charge in [-0.3, -0.25) is 14.5 Å². The number of nitrogens with one attached hydrogen (secondary N) is 1. The number of carbonyl (C=O) groups excluding carboxylic acids is 4. The molecule has 1 fully saturated rings. The van der Waals surface area contributed by atoms with Gasteiger partial charge >= 0.3 is 16.8 Å². The van der Waals surface area contributed by atoms with Gasteiger partial charge in [-0.1, -0.05) is 96.1 Å². The number of azide groups is 1. The second-order valence-corrected chi connectivity index (χ2v) is 12.1. The summed E-state index contributed by atoms with van der Waals surface area (Å²) in [5, 5.41) is 5.97. The van der Waals surface area contributed by atoms with Gasteiger partial charge in [-0.2, -0.15) is 0 Å². The Hall–Kier alpha value is -5.20. The Kier molecular flexibility index (Phi) is 9.99. The number of hydrogen-bond acceptors (Lipinski definition) is 9. The van der Waals surface area contributed by atoms with E-state index in [4.69, 9.17) is 15.0 Å². The SMILES string of the molecule is CS(=O)(=O)C(C(=O)OCc1ccccc1)(C(=O)OCc1ccccc1)N1C(=O)[C@@H](NC(=O)Cc2ccccc2)[C@H]1CN=[N+]=[N-]. The molecule has 0 unspecified atom stereocenters. The zero-order chi connectivity index (χ0) is 31.7. The first kappa shape index (κ1) is 31.7. The summed E-state index contributed by atoms with van der Waals surface area (Å²) in [6.07, 6.45) is 0.480. The Bertz CT molecular complexity index is 1610. The zero-order valence-electron chi connectivity index (χ0n) is 23.6. The molecule has 3 aromatic rings. The van der Waals surface area contributed by atoms with Crippen LogP contribution in [0.25, 0.3) is 10.4 Å². The molecule has 1 aliphatic heterocycles. The lowest BCUT2D eigenvalue weighted by atomic mass is 9.91. The van der Waals surface area contributed by atoms with Crippen LogP contribution in [0.3, 0.4) is 0 Å². The van der Waals surface area contributed by atoms with Gasteiger partial charge in [0.25, 0.3) is 0 Å². The summed E-state index contributed by atoms with van der Waals surface area (Å²) in [5.74, 6) is -4.85. The molecular weight excluding hydrogens is 590 g/mol. The third kappa shape index (κ3) is 6.72. The third-order valence-electron chi connectivity index (χ3n) is 6.93. The first-order valence-corrected chi connectivity index (χ1v) is 15.3. The lowest BCUT2D eigenvalue weighted by Gasteiger charge is -2.52. The number of rotatable bonds is 13. The summed E-state index contributed by atoms with van der Waals surface area (Å²) >= 11 is 0. The maximum atomic E-state index is 13.8. The molecule has 4 rings (SSSR count). The molecule has 1 heterocycles. The molecule has 2 amide bonds. The number of benzene rings is 3. The van der Waals surface area contributed by atoms with Gasteiger partial charge in [0.15, 0.2) is 9.84 Å². The lowest BCUT2D eigenvalue weighted by molar-refractivity contribution is -0.184. The van der Waals surface area contributed by atoms with Gasteiger partial charge in [0.2, 0.25) is 11.8 Å². The molecule has 0 aliphatic carbocycles. The Morgan fingerprint density at radius 2 is 1.32 bits per heavy atom. The average molecular weight is 620 g/mol. The van der Waals surface area contributed by atoms with Crippen LogP contribution in [0.5, 0.6) is 0 Å². The number of sulfone groups is 1. The molecule has 2 atom stereocenters. The minimum Gasteiger partial charge on any atom is -0.458 e. The van der Waals surface area contributed by atoms with E-state index in [-0.39, 0.29) is 6.42 Å². The van der Waals surface area contributed by atoms with Crippen LogP contribution in [-0.2, 0) is 58.1 Å². The number of hydrogen-bond donors (Lipinski definition) is 1. The first-order valence-electron chi connectivity index (χ1n) is 13.4. The Morgan fingerprint density at radius 3 is 1.75 bits per heavy atom. The summed E-state index contributed by atoms with van der Waals surface area (Å²) in [5.41, 5.74) is 10.6. The van der Waals surface area contributed by atoms with Gasteiger partial charge < -0.3 is 14.8 Å². The maximum Gasteiger partial charge on any atom is 0.360 e. The number of likely N-dealkylation sites (tertiary alicyclic amines) is 1. The number of esters is 2. The number of carbonyl (C=O) groups is 4. The van der Waals surface area contributed by atoms with Crippen molar-refractivity contribution in [3.05, 3.63) is 118 Å². The standard InChI is InChI=1S/C30H29N5O8S/c1-44(40,41)30(28(38)42-19-22-13-7-3-8-14-22,29(39)43-20-23-15-9-4-10-16-23)35-24(18-32-34-31)26(27(35)37)33-25(36)17-21-11-5-2-6-12-21/h2-16,24,26H,17-20H2,1H3,(H,33,36)/t24-,26+/m1/s1. The molecule has 14 heteroatoms. The highest BCUT2D eigenvalue weighted by atomic mass is 32.2. The van der Waals surface area contributed by atoms with Gasteiger partial charge in [-0.15, -0.1) is 0 Å². The number of ether oxygens (including phenoxy) is 2. The van der Waals surface area contributed by atoms with E-state index in [9.17, 15) is 27.6 Å². The van der Waals surface area contributed by atoms with Gasteiger partial charge in [0.05, 0.1) is 12.5 Å². The quantitative estimate of drug-likeness (QED) is 0.0755. The molecule has 44 heavy (non-hydrogen) atoms. The molecule has 0 saturated carbocycles. The Labute approximate surface area is 253 Å². The van der Waals surface area contributed by atoms with Crippen molar-refractivity contribution in [1.82, 2.24) is 10.2 Å². The normalized spacial score (nSPS) is 16.2. The topological polar surface area (TPSA) is 185 Å². The summed E-state index contributed by atoms with van der Waals surface area (Å²) in [6, 6.07) is 22.3.